The van der Waals surface area contributed by atoms with Crippen molar-refractivity contribution in [2.75, 3.05) is 10.6 Å². The normalized spacial score (nSPS) is 12.0. The second kappa shape index (κ2) is 6.29. The van der Waals surface area contributed by atoms with Crippen LogP contribution in [0.2, 0.25) is 4.34 Å². The number of benzene rings is 1. The average Bonchev–Trinajstić information content (AvgIpc) is 2.79. The number of halogens is 1. The van der Waals surface area contributed by atoms with E-state index in [1.165, 1.54) is 18.3 Å². The van der Waals surface area contributed by atoms with E-state index < -0.39 is 0 Å². The Balaban J connectivity index is 2.15. The molecule has 2 rings (SSSR count). The fourth-order valence-corrected chi connectivity index (χ4v) is 2.90. The zero-order valence-corrected chi connectivity index (χ0v) is 13.2. The summed E-state index contributed by atoms with van der Waals surface area (Å²) in [5.74, 6) is -0.0667. The van der Waals surface area contributed by atoms with Gasteiger partial charge >= 0.3 is 0 Å². The third-order valence-electron chi connectivity index (χ3n) is 3.02. The van der Waals surface area contributed by atoms with Gasteiger partial charge in [0.15, 0.2) is 0 Å². The molecule has 5 heteroatoms. The monoisotopic (exact) mass is 308 g/mol. The van der Waals surface area contributed by atoms with Gasteiger partial charge in [0.1, 0.15) is 0 Å². The SMILES string of the molecule is CC(=O)Nc1cc(NC(C)c2csc(Cl)c2)ccc1C. The quantitative estimate of drug-likeness (QED) is 0.848. The van der Waals surface area contributed by atoms with Crippen molar-refractivity contribution in [2.45, 2.75) is 26.8 Å². The van der Waals surface area contributed by atoms with Gasteiger partial charge in [-0.25, -0.2) is 0 Å². The Hall–Kier alpha value is -1.52. The van der Waals surface area contributed by atoms with Crippen LogP contribution in [0.5, 0.6) is 0 Å². The maximum absolute atomic E-state index is 11.2. The van der Waals surface area contributed by atoms with Crippen molar-refractivity contribution in [1.82, 2.24) is 0 Å². The lowest BCUT2D eigenvalue weighted by Crippen LogP contribution is -2.09. The zero-order valence-electron chi connectivity index (χ0n) is 11.7. The molecule has 0 aliphatic heterocycles. The van der Waals surface area contributed by atoms with Crippen LogP contribution in [0, 0.1) is 6.92 Å². The predicted octanol–water partition coefficient (Wildman–Crippen LogP) is 4.84. The molecule has 0 aliphatic carbocycles. The van der Waals surface area contributed by atoms with E-state index in [0.717, 1.165) is 26.8 Å². The summed E-state index contributed by atoms with van der Waals surface area (Å²) in [6, 6.07) is 8.06. The zero-order chi connectivity index (χ0) is 14.7. The van der Waals surface area contributed by atoms with Crippen LogP contribution in [0.15, 0.2) is 29.6 Å². The van der Waals surface area contributed by atoms with Crippen LogP contribution in [0.3, 0.4) is 0 Å². The van der Waals surface area contributed by atoms with Gasteiger partial charge in [-0.1, -0.05) is 17.7 Å². The van der Waals surface area contributed by atoms with Crippen LogP contribution in [0.4, 0.5) is 11.4 Å². The van der Waals surface area contributed by atoms with Gasteiger partial charge in [-0.05, 0) is 48.6 Å². The standard InChI is InChI=1S/C15H17ClN2OS/c1-9-4-5-13(7-14(9)18-11(3)19)17-10(2)12-6-15(16)20-8-12/h4-8,10,17H,1-3H3,(H,18,19). The van der Waals surface area contributed by atoms with Crippen LogP contribution in [-0.4, -0.2) is 5.91 Å². The minimum atomic E-state index is -0.0667. The first-order valence-corrected chi connectivity index (χ1v) is 7.60. The van der Waals surface area contributed by atoms with Gasteiger partial charge in [0.25, 0.3) is 0 Å². The first-order valence-electron chi connectivity index (χ1n) is 6.34. The maximum atomic E-state index is 11.2. The predicted molar refractivity (Wildman–Crippen MR) is 86.8 cm³/mol. The Morgan fingerprint density at radius 3 is 2.70 bits per heavy atom. The molecule has 2 aromatic rings. The highest BCUT2D eigenvalue weighted by Crippen LogP contribution is 2.28. The molecule has 2 N–H and O–H groups in total. The number of hydrogen-bond donors (Lipinski definition) is 2. The molecule has 106 valence electrons. The summed E-state index contributed by atoms with van der Waals surface area (Å²) in [5.41, 5.74) is 3.99. The third kappa shape index (κ3) is 3.74. The molecule has 20 heavy (non-hydrogen) atoms. The van der Waals surface area contributed by atoms with Gasteiger partial charge in [-0.2, -0.15) is 0 Å². The molecule has 0 bridgehead atoms. The lowest BCUT2D eigenvalue weighted by Gasteiger charge is -2.16. The lowest BCUT2D eigenvalue weighted by atomic mass is 10.1. The maximum Gasteiger partial charge on any atom is 0.221 e. The van der Waals surface area contributed by atoms with Crippen molar-refractivity contribution in [3.8, 4) is 0 Å². The van der Waals surface area contributed by atoms with Crippen molar-refractivity contribution in [2.24, 2.45) is 0 Å². The first kappa shape index (κ1) is 14.9. The molecule has 1 amide bonds. The van der Waals surface area contributed by atoms with Crippen LogP contribution in [0.1, 0.15) is 31.0 Å². The number of carbonyl (C=O) groups is 1. The summed E-state index contributed by atoms with van der Waals surface area (Å²) >= 11 is 7.48. The number of nitrogens with one attached hydrogen (secondary N) is 2. The number of thiophene rings is 1. The minimum absolute atomic E-state index is 0.0667. The molecule has 0 aliphatic rings. The number of rotatable bonds is 4. The highest BCUT2D eigenvalue weighted by molar-refractivity contribution is 7.14. The Labute approximate surface area is 128 Å². The summed E-state index contributed by atoms with van der Waals surface area (Å²) in [6.07, 6.45) is 0. The molecular formula is C15H17ClN2OS. The van der Waals surface area contributed by atoms with Crippen molar-refractivity contribution in [1.29, 1.82) is 0 Å². The molecule has 0 saturated heterocycles. The number of amides is 1. The molecule has 1 aromatic carbocycles. The van der Waals surface area contributed by atoms with E-state index in [2.05, 4.69) is 17.6 Å². The molecule has 0 fully saturated rings. The first-order chi connectivity index (χ1) is 9.45. The number of carbonyl (C=O) groups excluding carboxylic acids is 1. The molecule has 1 atom stereocenters. The van der Waals surface area contributed by atoms with Crippen LogP contribution >= 0.6 is 22.9 Å². The molecule has 1 aromatic heterocycles. The summed E-state index contributed by atoms with van der Waals surface area (Å²) in [5, 5.41) is 8.29. The molecule has 0 spiro atoms. The summed E-state index contributed by atoms with van der Waals surface area (Å²) < 4.78 is 0.788. The Morgan fingerprint density at radius 2 is 2.10 bits per heavy atom. The average molecular weight is 309 g/mol. The highest BCUT2D eigenvalue weighted by Gasteiger charge is 2.09. The van der Waals surface area contributed by atoms with Gasteiger partial charge in [-0.15, -0.1) is 11.3 Å². The van der Waals surface area contributed by atoms with E-state index in [9.17, 15) is 4.79 Å². The second-order valence-corrected chi connectivity index (χ2v) is 6.30. The minimum Gasteiger partial charge on any atom is -0.378 e. The molecule has 0 radical (unpaired) electrons. The van der Waals surface area contributed by atoms with Crippen molar-refractivity contribution in [3.63, 3.8) is 0 Å². The van der Waals surface area contributed by atoms with Gasteiger partial charge in [0, 0.05) is 24.3 Å². The molecule has 3 nitrogen and oxygen atoms in total. The van der Waals surface area contributed by atoms with Crippen molar-refractivity contribution < 1.29 is 4.79 Å². The third-order valence-corrected chi connectivity index (χ3v) is 4.13. The fraction of sp³-hybridized carbons (Fsp3) is 0.267. The molecular weight excluding hydrogens is 292 g/mol. The topological polar surface area (TPSA) is 41.1 Å². The Bertz CT molecular complexity index is 624. The molecule has 1 heterocycles. The molecule has 0 saturated carbocycles. The largest absolute Gasteiger partial charge is 0.378 e. The van der Waals surface area contributed by atoms with Gasteiger partial charge in [0.2, 0.25) is 5.91 Å². The van der Waals surface area contributed by atoms with Gasteiger partial charge < -0.3 is 10.6 Å². The van der Waals surface area contributed by atoms with Crippen LogP contribution in [0.25, 0.3) is 0 Å². The van der Waals surface area contributed by atoms with E-state index in [0.29, 0.717) is 0 Å². The Morgan fingerprint density at radius 1 is 1.35 bits per heavy atom. The summed E-state index contributed by atoms with van der Waals surface area (Å²) in [4.78, 5) is 11.2. The van der Waals surface area contributed by atoms with Crippen molar-refractivity contribution in [3.05, 3.63) is 45.1 Å². The smallest absolute Gasteiger partial charge is 0.221 e. The summed E-state index contributed by atoms with van der Waals surface area (Å²) in [6.45, 7) is 5.56. The highest BCUT2D eigenvalue weighted by atomic mass is 35.5. The number of anilines is 2. The van der Waals surface area contributed by atoms with Gasteiger partial charge in [0.05, 0.1) is 4.34 Å². The number of aryl methyl sites for hydroxylation is 1. The van der Waals surface area contributed by atoms with E-state index in [1.54, 1.807) is 0 Å². The molecule has 1 unspecified atom stereocenters. The van der Waals surface area contributed by atoms with Gasteiger partial charge in [-0.3, -0.25) is 4.79 Å². The number of hydrogen-bond acceptors (Lipinski definition) is 3. The summed E-state index contributed by atoms with van der Waals surface area (Å²) in [7, 11) is 0. The van der Waals surface area contributed by atoms with Crippen LogP contribution in [-0.2, 0) is 4.79 Å². The van der Waals surface area contributed by atoms with E-state index >= 15 is 0 Å². The van der Waals surface area contributed by atoms with E-state index in [1.807, 2.05) is 36.6 Å². The van der Waals surface area contributed by atoms with E-state index in [-0.39, 0.29) is 11.9 Å². The fourth-order valence-electron chi connectivity index (χ4n) is 1.92. The van der Waals surface area contributed by atoms with Crippen molar-refractivity contribution >= 4 is 40.2 Å². The van der Waals surface area contributed by atoms with Crippen LogP contribution < -0.4 is 10.6 Å². The Kier molecular flexibility index (Phi) is 4.68. The lowest BCUT2D eigenvalue weighted by molar-refractivity contribution is -0.114. The second-order valence-electron chi connectivity index (χ2n) is 4.76. The van der Waals surface area contributed by atoms with E-state index in [4.69, 9.17) is 11.6 Å².